The first-order valence-corrected chi connectivity index (χ1v) is 6.21. The second-order valence-electron chi connectivity index (χ2n) is 3.56. The van der Waals surface area contributed by atoms with Crippen molar-refractivity contribution >= 4 is 22.6 Å². The maximum atomic E-state index is 10.8. The summed E-state index contributed by atoms with van der Waals surface area (Å²) in [6.07, 6.45) is 2.28. The number of pyridine rings is 1. The molecule has 2 rings (SSSR count). The lowest BCUT2D eigenvalue weighted by Gasteiger charge is -2.02. The zero-order valence-corrected chi connectivity index (χ0v) is 10.6. The average molecular weight is 264 g/mol. The van der Waals surface area contributed by atoms with E-state index in [4.69, 9.17) is 5.11 Å². The zero-order valence-electron chi connectivity index (χ0n) is 9.75. The molecular formula is C11H12N4O2S. The molecule has 0 unspecified atom stereocenters. The van der Waals surface area contributed by atoms with E-state index < -0.39 is 5.97 Å². The second-order valence-corrected chi connectivity index (χ2v) is 4.32. The van der Waals surface area contributed by atoms with Crippen molar-refractivity contribution in [1.82, 2.24) is 14.3 Å². The van der Waals surface area contributed by atoms with Crippen molar-refractivity contribution in [2.45, 2.75) is 19.9 Å². The fourth-order valence-corrected chi connectivity index (χ4v) is 1.99. The van der Waals surface area contributed by atoms with E-state index in [1.54, 1.807) is 0 Å². The fraction of sp³-hybridized carbons (Fsp3) is 0.273. The highest BCUT2D eigenvalue weighted by Gasteiger charge is 2.05. The molecule has 0 aliphatic heterocycles. The molecule has 0 bridgehead atoms. The van der Waals surface area contributed by atoms with Gasteiger partial charge in [-0.1, -0.05) is 6.92 Å². The first-order valence-electron chi connectivity index (χ1n) is 5.43. The van der Waals surface area contributed by atoms with Crippen LogP contribution in [0.3, 0.4) is 0 Å². The summed E-state index contributed by atoms with van der Waals surface area (Å²) in [4.78, 5) is 19.1. The predicted octanol–water partition coefficient (Wildman–Crippen LogP) is 1.81. The van der Waals surface area contributed by atoms with Crippen molar-refractivity contribution in [1.29, 1.82) is 0 Å². The van der Waals surface area contributed by atoms with Crippen LogP contribution >= 0.6 is 11.5 Å². The van der Waals surface area contributed by atoms with E-state index in [0.29, 0.717) is 12.2 Å². The van der Waals surface area contributed by atoms with Gasteiger partial charge in [0, 0.05) is 24.2 Å². The van der Waals surface area contributed by atoms with Crippen LogP contribution in [0.4, 0.5) is 5.13 Å². The molecule has 2 aromatic rings. The van der Waals surface area contributed by atoms with Crippen LogP contribution in [0.5, 0.6) is 0 Å². The van der Waals surface area contributed by atoms with Gasteiger partial charge < -0.3 is 10.4 Å². The fourth-order valence-electron chi connectivity index (χ4n) is 1.34. The van der Waals surface area contributed by atoms with Gasteiger partial charge in [0.1, 0.15) is 5.82 Å². The third-order valence-corrected chi connectivity index (χ3v) is 2.98. The van der Waals surface area contributed by atoms with E-state index >= 15 is 0 Å². The molecule has 0 atom stereocenters. The van der Waals surface area contributed by atoms with Gasteiger partial charge in [-0.05, 0) is 12.1 Å². The number of carboxylic acid groups (broad SMARTS) is 1. The van der Waals surface area contributed by atoms with Gasteiger partial charge in [-0.25, -0.2) is 9.78 Å². The van der Waals surface area contributed by atoms with Gasteiger partial charge in [0.2, 0.25) is 5.13 Å². The first kappa shape index (κ1) is 12.4. The summed E-state index contributed by atoms with van der Waals surface area (Å²) in [5, 5.41) is 12.6. The Kier molecular flexibility index (Phi) is 3.83. The highest BCUT2D eigenvalue weighted by Crippen LogP contribution is 2.12. The van der Waals surface area contributed by atoms with Gasteiger partial charge in [-0.3, -0.25) is 4.98 Å². The zero-order chi connectivity index (χ0) is 13.0. The number of nitrogens with zero attached hydrogens (tertiary/aromatic N) is 3. The molecular weight excluding hydrogens is 252 g/mol. The average Bonchev–Trinajstić information content (AvgIpc) is 2.84. The monoisotopic (exact) mass is 264 g/mol. The van der Waals surface area contributed by atoms with E-state index in [-0.39, 0.29) is 5.56 Å². The van der Waals surface area contributed by atoms with Crippen molar-refractivity contribution in [2.75, 3.05) is 5.32 Å². The minimum Gasteiger partial charge on any atom is -0.478 e. The topological polar surface area (TPSA) is 88.0 Å². The number of anilines is 1. The molecule has 0 saturated carbocycles. The Morgan fingerprint density at radius 3 is 3.06 bits per heavy atom. The maximum absolute atomic E-state index is 10.8. The van der Waals surface area contributed by atoms with Crippen molar-refractivity contribution in [3.8, 4) is 0 Å². The van der Waals surface area contributed by atoms with Gasteiger partial charge in [0.05, 0.1) is 17.8 Å². The van der Waals surface area contributed by atoms with Gasteiger partial charge >= 0.3 is 5.97 Å². The number of hydrogen-bond donors (Lipinski definition) is 2. The number of rotatable bonds is 5. The van der Waals surface area contributed by atoms with Crippen LogP contribution in [0, 0.1) is 0 Å². The lowest BCUT2D eigenvalue weighted by molar-refractivity contribution is 0.0696. The summed E-state index contributed by atoms with van der Waals surface area (Å²) >= 11 is 1.29. The molecule has 0 aromatic carbocycles. The first-order chi connectivity index (χ1) is 8.69. The lowest BCUT2D eigenvalue weighted by atomic mass is 10.2. The Morgan fingerprint density at radius 2 is 2.39 bits per heavy atom. The summed E-state index contributed by atoms with van der Waals surface area (Å²) in [5.41, 5.74) is 0.886. The number of aromatic nitrogens is 3. The molecule has 0 aliphatic rings. The van der Waals surface area contributed by atoms with Crippen molar-refractivity contribution < 1.29 is 9.90 Å². The Balaban J connectivity index is 2.01. The van der Waals surface area contributed by atoms with Crippen LogP contribution in [-0.4, -0.2) is 25.4 Å². The summed E-state index contributed by atoms with van der Waals surface area (Å²) in [7, 11) is 0. The van der Waals surface area contributed by atoms with Gasteiger partial charge in [-0.15, -0.1) is 0 Å². The van der Waals surface area contributed by atoms with Gasteiger partial charge in [0.15, 0.2) is 0 Å². The molecule has 0 saturated heterocycles. The third-order valence-electron chi connectivity index (χ3n) is 2.27. The van der Waals surface area contributed by atoms with Crippen molar-refractivity contribution in [3.63, 3.8) is 0 Å². The standard InChI is InChI=1S/C11H12N4O2S/c1-2-9-14-11(18-15-9)13-6-8-5-7(10(16)17)3-4-12-8/h3-5H,2,6H2,1H3,(H,16,17)(H,13,14,15). The highest BCUT2D eigenvalue weighted by molar-refractivity contribution is 7.09. The molecule has 18 heavy (non-hydrogen) atoms. The Bertz CT molecular complexity index is 555. The Morgan fingerprint density at radius 1 is 1.56 bits per heavy atom. The molecule has 2 aromatic heterocycles. The third kappa shape index (κ3) is 3.01. The number of hydrogen-bond acceptors (Lipinski definition) is 6. The van der Waals surface area contributed by atoms with Gasteiger partial charge in [0.25, 0.3) is 0 Å². The largest absolute Gasteiger partial charge is 0.478 e. The van der Waals surface area contributed by atoms with Crippen molar-refractivity contribution in [2.24, 2.45) is 0 Å². The van der Waals surface area contributed by atoms with E-state index in [0.717, 1.165) is 17.4 Å². The smallest absolute Gasteiger partial charge is 0.335 e. The highest BCUT2D eigenvalue weighted by atomic mass is 32.1. The van der Waals surface area contributed by atoms with E-state index in [9.17, 15) is 4.79 Å². The normalized spacial score (nSPS) is 10.3. The minimum atomic E-state index is -0.956. The van der Waals surface area contributed by atoms with Crippen molar-refractivity contribution in [3.05, 3.63) is 35.4 Å². The van der Waals surface area contributed by atoms with Crippen LogP contribution in [-0.2, 0) is 13.0 Å². The summed E-state index contributed by atoms with van der Waals surface area (Å²) in [6, 6.07) is 3.00. The molecule has 94 valence electrons. The molecule has 0 spiro atoms. The maximum Gasteiger partial charge on any atom is 0.335 e. The van der Waals surface area contributed by atoms with E-state index in [1.165, 1.54) is 29.9 Å². The number of carboxylic acids is 1. The Labute approximate surface area is 108 Å². The van der Waals surface area contributed by atoms with E-state index in [2.05, 4.69) is 19.7 Å². The quantitative estimate of drug-likeness (QED) is 0.856. The Hall–Kier alpha value is -2.02. The predicted molar refractivity (Wildman–Crippen MR) is 67.8 cm³/mol. The van der Waals surface area contributed by atoms with Crippen LogP contribution in [0.15, 0.2) is 18.3 Å². The van der Waals surface area contributed by atoms with Crippen LogP contribution in [0.1, 0.15) is 28.8 Å². The van der Waals surface area contributed by atoms with Crippen LogP contribution in [0.2, 0.25) is 0 Å². The molecule has 6 nitrogen and oxygen atoms in total. The number of carbonyl (C=O) groups is 1. The summed E-state index contributed by atoms with van der Waals surface area (Å²) < 4.78 is 4.15. The molecule has 2 N–H and O–H groups in total. The van der Waals surface area contributed by atoms with Gasteiger partial charge in [-0.2, -0.15) is 4.37 Å². The number of aromatic carboxylic acids is 1. The number of aryl methyl sites for hydroxylation is 1. The molecule has 0 fully saturated rings. The summed E-state index contributed by atoms with van der Waals surface area (Å²) in [6.45, 7) is 2.42. The molecule has 0 radical (unpaired) electrons. The van der Waals surface area contributed by atoms with Crippen LogP contribution in [0.25, 0.3) is 0 Å². The van der Waals surface area contributed by atoms with E-state index in [1.807, 2.05) is 6.92 Å². The second kappa shape index (κ2) is 5.54. The molecule has 0 amide bonds. The molecule has 7 heteroatoms. The minimum absolute atomic E-state index is 0.230. The molecule has 2 heterocycles. The SMILES string of the molecule is CCc1nsc(NCc2cc(C(=O)O)ccn2)n1. The van der Waals surface area contributed by atoms with Crippen LogP contribution < -0.4 is 5.32 Å². The lowest BCUT2D eigenvalue weighted by Crippen LogP contribution is -2.04. The summed E-state index contributed by atoms with van der Waals surface area (Å²) in [5.74, 6) is -0.155. The number of nitrogens with one attached hydrogen (secondary N) is 1. The molecule has 0 aliphatic carbocycles.